The van der Waals surface area contributed by atoms with E-state index in [1.54, 1.807) is 18.2 Å². The molecule has 1 aliphatic heterocycles. The molecule has 0 saturated carbocycles. The fourth-order valence-electron chi connectivity index (χ4n) is 2.11. The van der Waals surface area contributed by atoms with Crippen LogP contribution >= 0.6 is 12.4 Å². The highest BCUT2D eigenvalue weighted by atomic mass is 35.5. The van der Waals surface area contributed by atoms with E-state index in [-0.39, 0.29) is 36.2 Å². The Labute approximate surface area is 143 Å². The molecule has 1 aromatic rings. The molecule has 128 valence electrons. The van der Waals surface area contributed by atoms with Crippen molar-refractivity contribution >= 4 is 28.3 Å². The Kier molecular flexibility index (Phi) is 8.25. The highest BCUT2D eigenvalue weighted by molar-refractivity contribution is 7.89. The van der Waals surface area contributed by atoms with Gasteiger partial charge in [0.1, 0.15) is 0 Å². The Morgan fingerprint density at radius 2 is 1.96 bits per heavy atom. The molecule has 0 aliphatic carbocycles. The van der Waals surface area contributed by atoms with Gasteiger partial charge in [-0.15, -0.1) is 12.4 Å². The van der Waals surface area contributed by atoms with Crippen LogP contribution in [0.15, 0.2) is 46.9 Å². The topological polar surface area (TPSA) is 87.3 Å². The van der Waals surface area contributed by atoms with Crippen molar-refractivity contribution < 1.29 is 13.2 Å². The Morgan fingerprint density at radius 3 is 2.61 bits per heavy atom. The zero-order chi connectivity index (χ0) is 15.8. The molecule has 0 radical (unpaired) electrons. The summed E-state index contributed by atoms with van der Waals surface area (Å²) in [6.45, 7) is 2.39. The van der Waals surface area contributed by atoms with E-state index in [9.17, 15) is 13.2 Å². The normalized spacial score (nSPS) is 14.5. The third kappa shape index (κ3) is 6.70. The van der Waals surface area contributed by atoms with Crippen molar-refractivity contribution in [3.63, 3.8) is 0 Å². The molecule has 2 rings (SSSR count). The van der Waals surface area contributed by atoms with Gasteiger partial charge < -0.3 is 10.6 Å². The molecule has 1 amide bonds. The number of rotatable bonds is 7. The van der Waals surface area contributed by atoms with Crippen LogP contribution in [0.1, 0.15) is 12.8 Å². The van der Waals surface area contributed by atoms with Crippen LogP contribution in [0, 0.1) is 0 Å². The summed E-state index contributed by atoms with van der Waals surface area (Å²) in [6.07, 6.45) is 3.13. The van der Waals surface area contributed by atoms with Gasteiger partial charge in [0.2, 0.25) is 15.9 Å². The fourth-order valence-corrected chi connectivity index (χ4v) is 3.17. The average molecular weight is 360 g/mol. The first-order chi connectivity index (χ1) is 10.6. The minimum atomic E-state index is -3.54. The highest BCUT2D eigenvalue weighted by Gasteiger charge is 2.13. The van der Waals surface area contributed by atoms with Gasteiger partial charge in [0.25, 0.3) is 0 Å². The fraction of sp³-hybridized carbons (Fsp3) is 0.400. The lowest BCUT2D eigenvalue weighted by molar-refractivity contribution is -0.120. The molecule has 6 nitrogen and oxygen atoms in total. The molecule has 0 unspecified atom stereocenters. The molecule has 0 bridgehead atoms. The molecule has 0 atom stereocenters. The molecule has 1 aliphatic rings. The maximum absolute atomic E-state index is 12.0. The number of nitrogens with one attached hydrogen (secondary N) is 3. The number of sulfonamides is 1. The molecule has 0 fully saturated rings. The number of hydrogen-bond donors (Lipinski definition) is 3. The molecule has 1 heterocycles. The van der Waals surface area contributed by atoms with Crippen molar-refractivity contribution in [1.29, 1.82) is 0 Å². The standard InChI is InChI=1S/C15H21N3O3S.ClH/c19-15(17-12-13-6-9-16-10-7-13)8-11-18-22(20,21)14-4-2-1-3-5-14;/h1-6,16,18H,7-12H2,(H,17,19);1H. The predicted octanol–water partition coefficient (Wildman–Crippen LogP) is 0.813. The Bertz CT molecular complexity index is 633. The van der Waals surface area contributed by atoms with E-state index >= 15 is 0 Å². The van der Waals surface area contributed by atoms with E-state index in [4.69, 9.17) is 0 Å². The Morgan fingerprint density at radius 1 is 1.22 bits per heavy atom. The minimum Gasteiger partial charge on any atom is -0.352 e. The van der Waals surface area contributed by atoms with Gasteiger partial charge in [-0.2, -0.15) is 0 Å². The van der Waals surface area contributed by atoms with Gasteiger partial charge in [0.15, 0.2) is 0 Å². The lowest BCUT2D eigenvalue weighted by Crippen LogP contribution is -2.33. The van der Waals surface area contributed by atoms with Gasteiger partial charge in [-0.25, -0.2) is 13.1 Å². The molecule has 23 heavy (non-hydrogen) atoms. The van der Waals surface area contributed by atoms with E-state index in [1.165, 1.54) is 17.7 Å². The van der Waals surface area contributed by atoms with Crippen molar-refractivity contribution in [3.8, 4) is 0 Å². The van der Waals surface area contributed by atoms with Crippen LogP contribution < -0.4 is 15.4 Å². The van der Waals surface area contributed by atoms with Crippen LogP contribution in [0.2, 0.25) is 0 Å². The van der Waals surface area contributed by atoms with E-state index < -0.39 is 10.0 Å². The number of halogens is 1. The molecule has 0 saturated heterocycles. The third-order valence-electron chi connectivity index (χ3n) is 3.37. The Hall–Kier alpha value is -1.41. The van der Waals surface area contributed by atoms with Crippen LogP contribution in [0.3, 0.4) is 0 Å². The Balaban J connectivity index is 0.00000264. The SMILES string of the molecule is Cl.O=C(CCNS(=O)(=O)c1ccccc1)NCC1=CCNCC1. The summed E-state index contributed by atoms with van der Waals surface area (Å²) in [4.78, 5) is 11.9. The van der Waals surface area contributed by atoms with Crippen LogP contribution in [-0.2, 0) is 14.8 Å². The average Bonchev–Trinajstić information content (AvgIpc) is 2.54. The largest absolute Gasteiger partial charge is 0.352 e. The number of carbonyl (C=O) groups excluding carboxylic acids is 1. The maximum Gasteiger partial charge on any atom is 0.240 e. The van der Waals surface area contributed by atoms with E-state index in [2.05, 4.69) is 21.4 Å². The summed E-state index contributed by atoms with van der Waals surface area (Å²) in [5.74, 6) is -0.157. The molecular formula is C15H22ClN3O3S. The van der Waals surface area contributed by atoms with Crippen LogP contribution in [0.25, 0.3) is 0 Å². The molecule has 1 aromatic carbocycles. The minimum absolute atomic E-state index is 0. The van der Waals surface area contributed by atoms with E-state index in [0.29, 0.717) is 6.54 Å². The van der Waals surface area contributed by atoms with Gasteiger partial charge in [-0.3, -0.25) is 4.79 Å². The van der Waals surface area contributed by atoms with Gasteiger partial charge in [0, 0.05) is 26.1 Å². The van der Waals surface area contributed by atoms with Crippen LogP contribution in [0.5, 0.6) is 0 Å². The lowest BCUT2D eigenvalue weighted by atomic mass is 10.1. The smallest absolute Gasteiger partial charge is 0.240 e. The first-order valence-corrected chi connectivity index (χ1v) is 8.76. The van der Waals surface area contributed by atoms with Gasteiger partial charge >= 0.3 is 0 Å². The second kappa shape index (κ2) is 9.67. The number of benzene rings is 1. The second-order valence-corrected chi connectivity index (χ2v) is 6.82. The number of amides is 1. The monoisotopic (exact) mass is 359 g/mol. The first-order valence-electron chi connectivity index (χ1n) is 7.28. The quantitative estimate of drug-likeness (QED) is 0.629. The predicted molar refractivity (Wildman–Crippen MR) is 92.1 cm³/mol. The van der Waals surface area contributed by atoms with E-state index in [0.717, 1.165) is 19.5 Å². The van der Waals surface area contributed by atoms with Crippen molar-refractivity contribution in [3.05, 3.63) is 42.0 Å². The zero-order valence-corrected chi connectivity index (χ0v) is 14.4. The van der Waals surface area contributed by atoms with Crippen molar-refractivity contribution in [1.82, 2.24) is 15.4 Å². The lowest BCUT2D eigenvalue weighted by Gasteiger charge is -2.14. The number of hydrogen-bond acceptors (Lipinski definition) is 4. The van der Waals surface area contributed by atoms with Gasteiger partial charge in [-0.1, -0.05) is 29.8 Å². The number of carbonyl (C=O) groups is 1. The summed E-state index contributed by atoms with van der Waals surface area (Å²) in [5, 5.41) is 6.01. The van der Waals surface area contributed by atoms with E-state index in [1.807, 2.05) is 0 Å². The van der Waals surface area contributed by atoms with Crippen LogP contribution in [-0.4, -0.2) is 40.5 Å². The van der Waals surface area contributed by atoms with Gasteiger partial charge in [0.05, 0.1) is 4.90 Å². The highest BCUT2D eigenvalue weighted by Crippen LogP contribution is 2.06. The van der Waals surface area contributed by atoms with Crippen LogP contribution in [0.4, 0.5) is 0 Å². The van der Waals surface area contributed by atoms with Gasteiger partial charge in [-0.05, 0) is 25.1 Å². The summed E-state index contributed by atoms with van der Waals surface area (Å²) >= 11 is 0. The maximum atomic E-state index is 12.0. The summed E-state index contributed by atoms with van der Waals surface area (Å²) in [7, 11) is -3.54. The molecule has 8 heteroatoms. The summed E-state index contributed by atoms with van der Waals surface area (Å²) in [6, 6.07) is 8.11. The summed E-state index contributed by atoms with van der Waals surface area (Å²) in [5.41, 5.74) is 1.21. The second-order valence-electron chi connectivity index (χ2n) is 5.05. The molecule has 3 N–H and O–H groups in total. The van der Waals surface area contributed by atoms with Crippen molar-refractivity contribution in [2.24, 2.45) is 0 Å². The summed E-state index contributed by atoms with van der Waals surface area (Å²) < 4.78 is 26.4. The van der Waals surface area contributed by atoms with Crippen molar-refractivity contribution in [2.45, 2.75) is 17.7 Å². The first kappa shape index (κ1) is 19.6. The molecule has 0 spiro atoms. The van der Waals surface area contributed by atoms with Crippen molar-refractivity contribution in [2.75, 3.05) is 26.2 Å². The molecule has 0 aromatic heterocycles. The zero-order valence-electron chi connectivity index (χ0n) is 12.7. The third-order valence-corrected chi connectivity index (χ3v) is 4.85. The molecular weight excluding hydrogens is 338 g/mol.